The number of nitrogens with one attached hydrogen (secondary N) is 1. The molecule has 0 heterocycles. The Morgan fingerprint density at radius 2 is 1.53 bits per heavy atom. The van der Waals surface area contributed by atoms with Crippen LogP contribution in [0.3, 0.4) is 0 Å². The van der Waals surface area contributed by atoms with Crippen molar-refractivity contribution in [2.45, 2.75) is 32.4 Å². The number of aryl methyl sites for hydroxylation is 1. The lowest BCUT2D eigenvalue weighted by molar-refractivity contribution is 0.533. The minimum atomic E-state index is 0. The van der Waals surface area contributed by atoms with Crippen LogP contribution in [0.2, 0.25) is 0 Å². The molecule has 100 valence electrons. The van der Waals surface area contributed by atoms with Gasteiger partial charge in [0, 0.05) is 12.6 Å². The lowest BCUT2D eigenvalue weighted by Crippen LogP contribution is -2.28. The van der Waals surface area contributed by atoms with Gasteiger partial charge in [-0.05, 0) is 36.5 Å². The van der Waals surface area contributed by atoms with Crippen LogP contribution in [0.15, 0.2) is 48.5 Å². The first-order valence-corrected chi connectivity index (χ1v) is 6.67. The molecule has 2 heteroatoms. The van der Waals surface area contributed by atoms with E-state index < -0.39 is 0 Å². The molecule has 1 N–H and O–H groups in total. The second-order valence-corrected chi connectivity index (χ2v) is 5.24. The van der Waals surface area contributed by atoms with E-state index in [0.29, 0.717) is 6.04 Å². The smallest absolute Gasteiger partial charge is 0.0208 e. The first kappa shape index (κ1) is 14.1. The van der Waals surface area contributed by atoms with Gasteiger partial charge in [-0.25, -0.2) is 0 Å². The molecule has 0 unspecified atom stereocenters. The van der Waals surface area contributed by atoms with Gasteiger partial charge < -0.3 is 5.32 Å². The first-order valence-electron chi connectivity index (χ1n) is 6.67. The lowest BCUT2D eigenvalue weighted by atomic mass is 10.1. The van der Waals surface area contributed by atoms with Gasteiger partial charge in [0.25, 0.3) is 0 Å². The van der Waals surface area contributed by atoms with Gasteiger partial charge in [0.1, 0.15) is 0 Å². The van der Waals surface area contributed by atoms with Crippen LogP contribution in [0, 0.1) is 6.92 Å². The Morgan fingerprint density at radius 1 is 0.947 bits per heavy atom. The Hall–Kier alpha value is -1.31. The van der Waals surface area contributed by atoms with Gasteiger partial charge in [0.05, 0.1) is 0 Å². The molecule has 3 rings (SSSR count). The highest BCUT2D eigenvalue weighted by Gasteiger charge is 2.19. The Labute approximate surface area is 121 Å². The van der Waals surface area contributed by atoms with E-state index in [0.717, 1.165) is 6.54 Å². The van der Waals surface area contributed by atoms with E-state index in [1.807, 2.05) is 0 Å². The maximum absolute atomic E-state index is 3.66. The van der Waals surface area contributed by atoms with Crippen molar-refractivity contribution in [3.05, 3.63) is 70.8 Å². The summed E-state index contributed by atoms with van der Waals surface area (Å²) in [6.07, 6.45) is 2.34. The molecule has 0 saturated heterocycles. The van der Waals surface area contributed by atoms with Crippen molar-refractivity contribution in [2.24, 2.45) is 0 Å². The number of rotatable bonds is 3. The highest BCUT2D eigenvalue weighted by molar-refractivity contribution is 5.85. The molecule has 0 atom stereocenters. The molecule has 2 aromatic carbocycles. The predicted molar refractivity (Wildman–Crippen MR) is 82.9 cm³/mol. The number of halogens is 1. The zero-order chi connectivity index (χ0) is 12.4. The van der Waals surface area contributed by atoms with E-state index in [9.17, 15) is 0 Å². The third-order valence-corrected chi connectivity index (χ3v) is 3.77. The fourth-order valence-electron chi connectivity index (χ4n) is 2.67. The standard InChI is InChI=1S/C17H19N.ClH/c1-13-6-8-14(9-7-13)12-18-17-10-15-4-2-3-5-16(15)11-17;/h2-9,17-18H,10-12H2,1H3;1H. The first-order chi connectivity index (χ1) is 8.81. The molecule has 0 fully saturated rings. The minimum absolute atomic E-state index is 0. The molecule has 1 nitrogen and oxygen atoms in total. The molecule has 2 aromatic rings. The number of hydrogen-bond acceptors (Lipinski definition) is 1. The van der Waals surface area contributed by atoms with Crippen molar-refractivity contribution in [2.75, 3.05) is 0 Å². The van der Waals surface area contributed by atoms with Crippen LogP contribution < -0.4 is 5.32 Å². The van der Waals surface area contributed by atoms with Crippen molar-refractivity contribution in [1.82, 2.24) is 5.32 Å². The third kappa shape index (κ3) is 3.37. The van der Waals surface area contributed by atoms with Crippen molar-refractivity contribution in [3.8, 4) is 0 Å². The molecule has 0 aliphatic heterocycles. The summed E-state index contributed by atoms with van der Waals surface area (Å²) in [4.78, 5) is 0. The number of benzene rings is 2. The van der Waals surface area contributed by atoms with Crippen LogP contribution in [0.1, 0.15) is 22.3 Å². The average molecular weight is 274 g/mol. The second kappa shape index (κ2) is 6.23. The van der Waals surface area contributed by atoms with E-state index in [1.165, 1.54) is 35.1 Å². The van der Waals surface area contributed by atoms with E-state index in [4.69, 9.17) is 0 Å². The largest absolute Gasteiger partial charge is 0.309 e. The summed E-state index contributed by atoms with van der Waals surface area (Å²) in [5.74, 6) is 0. The second-order valence-electron chi connectivity index (χ2n) is 5.24. The maximum atomic E-state index is 3.66. The zero-order valence-corrected chi connectivity index (χ0v) is 12.0. The Morgan fingerprint density at radius 3 is 2.11 bits per heavy atom. The van der Waals surface area contributed by atoms with E-state index >= 15 is 0 Å². The molecule has 0 radical (unpaired) electrons. The molecule has 0 aromatic heterocycles. The van der Waals surface area contributed by atoms with E-state index in [1.54, 1.807) is 0 Å². The highest BCUT2D eigenvalue weighted by Crippen LogP contribution is 2.21. The van der Waals surface area contributed by atoms with Crippen LogP contribution in [0.25, 0.3) is 0 Å². The maximum Gasteiger partial charge on any atom is 0.0208 e. The fraction of sp³-hybridized carbons (Fsp3) is 0.294. The SMILES string of the molecule is Cc1ccc(CNC2Cc3ccccc3C2)cc1.Cl. The van der Waals surface area contributed by atoms with Crippen molar-refractivity contribution >= 4 is 12.4 Å². The summed E-state index contributed by atoms with van der Waals surface area (Å²) in [6, 6.07) is 18.2. The predicted octanol–water partition coefficient (Wildman–Crippen LogP) is 3.67. The minimum Gasteiger partial charge on any atom is -0.309 e. The summed E-state index contributed by atoms with van der Waals surface area (Å²) in [6.45, 7) is 3.10. The molecule has 19 heavy (non-hydrogen) atoms. The van der Waals surface area contributed by atoms with Gasteiger partial charge in [-0.1, -0.05) is 54.1 Å². The Bertz CT molecular complexity index is 508. The topological polar surface area (TPSA) is 12.0 Å². The molecule has 0 saturated carbocycles. The molecule has 1 aliphatic carbocycles. The summed E-state index contributed by atoms with van der Waals surface area (Å²) < 4.78 is 0. The molecule has 1 aliphatic rings. The summed E-state index contributed by atoms with van der Waals surface area (Å²) >= 11 is 0. The van der Waals surface area contributed by atoms with Gasteiger partial charge in [0.2, 0.25) is 0 Å². The molecular weight excluding hydrogens is 254 g/mol. The lowest BCUT2D eigenvalue weighted by Gasteiger charge is -2.12. The Balaban J connectivity index is 0.00000133. The number of hydrogen-bond donors (Lipinski definition) is 1. The molecule has 0 bridgehead atoms. The van der Waals surface area contributed by atoms with Crippen molar-refractivity contribution in [3.63, 3.8) is 0 Å². The normalized spacial score (nSPS) is 13.9. The van der Waals surface area contributed by atoms with Gasteiger partial charge in [0.15, 0.2) is 0 Å². The highest BCUT2D eigenvalue weighted by atomic mass is 35.5. The quantitative estimate of drug-likeness (QED) is 0.900. The summed E-state index contributed by atoms with van der Waals surface area (Å²) in [5.41, 5.74) is 5.72. The Kier molecular flexibility index (Phi) is 4.62. The zero-order valence-electron chi connectivity index (χ0n) is 11.2. The average Bonchev–Trinajstić information content (AvgIpc) is 2.81. The van der Waals surface area contributed by atoms with Gasteiger partial charge in [-0.15, -0.1) is 12.4 Å². The van der Waals surface area contributed by atoms with Crippen molar-refractivity contribution < 1.29 is 0 Å². The van der Waals surface area contributed by atoms with Crippen LogP contribution >= 0.6 is 12.4 Å². The van der Waals surface area contributed by atoms with Gasteiger partial charge in [-0.2, -0.15) is 0 Å². The summed E-state index contributed by atoms with van der Waals surface area (Å²) in [7, 11) is 0. The fourth-order valence-corrected chi connectivity index (χ4v) is 2.67. The van der Waals surface area contributed by atoms with E-state index in [-0.39, 0.29) is 12.4 Å². The van der Waals surface area contributed by atoms with Crippen LogP contribution in [0.4, 0.5) is 0 Å². The van der Waals surface area contributed by atoms with Crippen molar-refractivity contribution in [1.29, 1.82) is 0 Å². The van der Waals surface area contributed by atoms with E-state index in [2.05, 4.69) is 60.8 Å². The van der Waals surface area contributed by atoms with Gasteiger partial charge in [-0.3, -0.25) is 0 Å². The number of fused-ring (bicyclic) bond motifs is 1. The molecule has 0 spiro atoms. The van der Waals surface area contributed by atoms with Crippen LogP contribution in [-0.2, 0) is 19.4 Å². The third-order valence-electron chi connectivity index (χ3n) is 3.77. The van der Waals surface area contributed by atoms with Crippen LogP contribution in [-0.4, -0.2) is 6.04 Å². The van der Waals surface area contributed by atoms with Crippen LogP contribution in [0.5, 0.6) is 0 Å². The summed E-state index contributed by atoms with van der Waals surface area (Å²) in [5, 5.41) is 3.66. The molecular formula is C17H20ClN. The monoisotopic (exact) mass is 273 g/mol. The molecule has 0 amide bonds. The van der Waals surface area contributed by atoms with Gasteiger partial charge >= 0.3 is 0 Å².